The number of rotatable bonds is 2. The molecule has 1 aliphatic heterocycles. The van der Waals surface area contributed by atoms with Crippen LogP contribution in [-0.4, -0.2) is 32.5 Å². The predicted octanol–water partition coefficient (Wildman–Crippen LogP) is 5.26. The van der Waals surface area contributed by atoms with E-state index in [1.165, 1.54) is 28.0 Å². The van der Waals surface area contributed by atoms with E-state index in [0.29, 0.717) is 24.9 Å². The third-order valence-corrected chi connectivity index (χ3v) is 8.06. The molecule has 0 bridgehead atoms. The van der Waals surface area contributed by atoms with Crippen LogP contribution in [0.3, 0.4) is 0 Å². The van der Waals surface area contributed by atoms with Crippen LogP contribution in [0.1, 0.15) is 56.9 Å². The SMILES string of the molecule is CN(C)c1ccc([C@@H]2C[C@]3(C)C(=O)OCC[C@H]3[C@@H]3CCC4=CC(=O)CCC4=C23)cc1.S.S.S.S. The van der Waals surface area contributed by atoms with Gasteiger partial charge in [-0.15, -0.1) is 0 Å². The Morgan fingerprint density at radius 1 is 0.941 bits per heavy atom. The number of carbonyl (C=O) groups is 2. The van der Waals surface area contributed by atoms with Gasteiger partial charge >= 0.3 is 5.97 Å². The molecule has 0 amide bonds. The lowest BCUT2D eigenvalue weighted by Crippen LogP contribution is -2.51. The van der Waals surface area contributed by atoms with Crippen LogP contribution in [0.5, 0.6) is 0 Å². The minimum Gasteiger partial charge on any atom is -0.465 e. The zero-order valence-electron chi connectivity index (χ0n) is 20.2. The van der Waals surface area contributed by atoms with Gasteiger partial charge in [0.15, 0.2) is 5.78 Å². The number of cyclic esters (lactones) is 1. The molecular weight excluding hydrogens is 503 g/mol. The number of esters is 1. The minimum atomic E-state index is -0.427. The Kier molecular flexibility index (Phi) is 10.8. The van der Waals surface area contributed by atoms with Crippen LogP contribution in [0, 0.1) is 17.3 Å². The normalized spacial score (nSPS) is 29.3. The number of hydrogen-bond acceptors (Lipinski definition) is 4. The van der Waals surface area contributed by atoms with E-state index in [2.05, 4.69) is 50.2 Å². The van der Waals surface area contributed by atoms with Crippen molar-refractivity contribution < 1.29 is 14.3 Å². The average Bonchev–Trinajstić information content (AvgIpc) is 2.73. The topological polar surface area (TPSA) is 46.6 Å². The van der Waals surface area contributed by atoms with E-state index >= 15 is 0 Å². The number of fused-ring (bicyclic) bond motifs is 4. The zero-order valence-corrected chi connectivity index (χ0v) is 24.2. The number of anilines is 1. The Morgan fingerprint density at radius 3 is 2.26 bits per heavy atom. The first-order chi connectivity index (χ1) is 14.4. The van der Waals surface area contributed by atoms with Crippen molar-refractivity contribution in [3.8, 4) is 0 Å². The first-order valence-electron chi connectivity index (χ1n) is 11.3. The second kappa shape index (κ2) is 11.8. The van der Waals surface area contributed by atoms with Crippen LogP contribution in [0.15, 0.2) is 47.1 Å². The molecule has 2 fully saturated rings. The number of hydrogen-bond donors (Lipinski definition) is 0. The Labute approximate surface area is 231 Å². The summed E-state index contributed by atoms with van der Waals surface area (Å²) in [7, 11) is 4.11. The van der Waals surface area contributed by atoms with Gasteiger partial charge in [0.2, 0.25) is 0 Å². The van der Waals surface area contributed by atoms with Crippen molar-refractivity contribution in [3.05, 3.63) is 52.6 Å². The lowest BCUT2D eigenvalue weighted by molar-refractivity contribution is -0.172. The van der Waals surface area contributed by atoms with Crippen molar-refractivity contribution in [2.24, 2.45) is 17.3 Å². The molecule has 1 saturated heterocycles. The Hall–Kier alpha value is -0.960. The molecule has 0 aromatic heterocycles. The summed E-state index contributed by atoms with van der Waals surface area (Å²) in [6, 6.07) is 8.81. The molecule has 1 heterocycles. The minimum absolute atomic E-state index is 0. The quantitative estimate of drug-likeness (QED) is 0.480. The van der Waals surface area contributed by atoms with Gasteiger partial charge in [0.25, 0.3) is 0 Å². The predicted molar refractivity (Wildman–Crippen MR) is 159 cm³/mol. The molecule has 1 aromatic carbocycles. The molecule has 8 heteroatoms. The van der Waals surface area contributed by atoms with Crippen molar-refractivity contribution >= 4 is 71.4 Å². The summed E-state index contributed by atoms with van der Waals surface area (Å²) in [5.41, 5.74) is 6.24. The largest absolute Gasteiger partial charge is 0.465 e. The van der Waals surface area contributed by atoms with Gasteiger partial charge < -0.3 is 9.64 Å². The molecular formula is C26H39NO3S4. The summed E-state index contributed by atoms with van der Waals surface area (Å²) in [6.45, 7) is 2.68. The zero-order chi connectivity index (χ0) is 21.0. The van der Waals surface area contributed by atoms with Crippen LogP contribution in [0.25, 0.3) is 0 Å². The highest BCUT2D eigenvalue weighted by molar-refractivity contribution is 7.59. The molecule has 0 N–H and O–H groups in total. The van der Waals surface area contributed by atoms with Gasteiger partial charge in [0.1, 0.15) is 0 Å². The van der Waals surface area contributed by atoms with Crippen molar-refractivity contribution in [2.45, 2.75) is 51.4 Å². The van der Waals surface area contributed by atoms with Gasteiger partial charge in [0.05, 0.1) is 12.0 Å². The van der Waals surface area contributed by atoms with Gasteiger partial charge in [-0.3, -0.25) is 9.59 Å². The van der Waals surface area contributed by atoms with Crippen LogP contribution < -0.4 is 4.90 Å². The van der Waals surface area contributed by atoms with Crippen molar-refractivity contribution in [2.75, 3.05) is 25.6 Å². The Balaban J connectivity index is 0.00000144. The fourth-order valence-electron chi connectivity index (χ4n) is 6.52. The lowest BCUT2D eigenvalue weighted by Gasteiger charge is -2.53. The van der Waals surface area contributed by atoms with Gasteiger partial charge in [-0.25, -0.2) is 0 Å². The van der Waals surface area contributed by atoms with E-state index in [0.717, 1.165) is 32.1 Å². The molecule has 0 radical (unpaired) electrons. The molecule has 4 aliphatic rings. The van der Waals surface area contributed by atoms with Gasteiger partial charge in [-0.2, -0.15) is 54.0 Å². The van der Waals surface area contributed by atoms with E-state index in [1.807, 2.05) is 6.08 Å². The maximum Gasteiger partial charge on any atom is 0.312 e. The highest BCUT2D eigenvalue weighted by Gasteiger charge is 2.56. The third kappa shape index (κ3) is 5.11. The third-order valence-electron chi connectivity index (χ3n) is 8.06. The summed E-state index contributed by atoms with van der Waals surface area (Å²) < 4.78 is 5.57. The molecule has 1 aromatic rings. The monoisotopic (exact) mass is 541 g/mol. The summed E-state index contributed by atoms with van der Waals surface area (Å²) in [5, 5.41) is 0. The molecule has 5 rings (SSSR count). The van der Waals surface area contributed by atoms with E-state index < -0.39 is 5.41 Å². The molecule has 3 aliphatic carbocycles. The lowest BCUT2D eigenvalue weighted by atomic mass is 9.51. The number of nitrogens with zero attached hydrogens (tertiary/aromatic N) is 1. The molecule has 1 saturated carbocycles. The average molecular weight is 542 g/mol. The van der Waals surface area contributed by atoms with Crippen LogP contribution in [-0.2, 0) is 14.3 Å². The van der Waals surface area contributed by atoms with Gasteiger partial charge in [-0.05, 0) is 85.8 Å². The van der Waals surface area contributed by atoms with Gasteiger partial charge in [-0.1, -0.05) is 17.7 Å². The summed E-state index contributed by atoms with van der Waals surface area (Å²) in [4.78, 5) is 27.2. The number of allylic oxidation sites excluding steroid dienone is 4. The second-order valence-electron chi connectivity index (χ2n) is 9.91. The standard InChI is InChI=1S/C26H31NO3.4H2S/c1-26-15-22(16-4-7-18(8-5-16)27(2)3)24-20-11-9-19(28)14-17(20)6-10-21(24)23(26)12-13-30-25(26)29;;;;/h4-5,7-8,14,21-23H,6,9-13,15H2,1-3H3;4*1H2/t21-,22-,23-,26-;;;;/m0..../s1. The summed E-state index contributed by atoms with van der Waals surface area (Å²) >= 11 is 0. The first-order valence-corrected chi connectivity index (χ1v) is 11.3. The van der Waals surface area contributed by atoms with Crippen LogP contribution in [0.2, 0.25) is 0 Å². The number of ether oxygens (including phenoxy) is 1. The van der Waals surface area contributed by atoms with E-state index in [-0.39, 0.29) is 71.7 Å². The van der Waals surface area contributed by atoms with Crippen LogP contribution in [0.4, 0.5) is 5.69 Å². The maximum atomic E-state index is 13.0. The van der Waals surface area contributed by atoms with Crippen molar-refractivity contribution in [3.63, 3.8) is 0 Å². The molecule has 4 nitrogen and oxygen atoms in total. The molecule has 4 atom stereocenters. The fraction of sp³-hybridized carbons (Fsp3) is 0.538. The van der Waals surface area contributed by atoms with Gasteiger partial charge in [0, 0.05) is 32.1 Å². The first kappa shape index (κ1) is 31.1. The number of benzene rings is 1. The van der Waals surface area contributed by atoms with E-state index in [4.69, 9.17) is 4.74 Å². The number of ketones is 1. The summed E-state index contributed by atoms with van der Waals surface area (Å²) in [5.74, 6) is 1.22. The fourth-order valence-corrected chi connectivity index (χ4v) is 6.52. The van der Waals surface area contributed by atoms with E-state index in [1.54, 1.807) is 0 Å². The molecule has 190 valence electrons. The highest BCUT2D eigenvalue weighted by Crippen LogP contribution is 2.60. The maximum absolute atomic E-state index is 13.0. The molecule has 34 heavy (non-hydrogen) atoms. The molecule has 0 spiro atoms. The summed E-state index contributed by atoms with van der Waals surface area (Å²) in [6.07, 6.45) is 7.13. The Bertz CT molecular complexity index is 973. The van der Waals surface area contributed by atoms with E-state index in [9.17, 15) is 9.59 Å². The van der Waals surface area contributed by atoms with Crippen molar-refractivity contribution in [1.82, 2.24) is 0 Å². The number of carbonyl (C=O) groups excluding carboxylic acids is 2. The van der Waals surface area contributed by atoms with Crippen molar-refractivity contribution in [1.29, 1.82) is 0 Å². The smallest absolute Gasteiger partial charge is 0.312 e. The Morgan fingerprint density at radius 2 is 1.62 bits per heavy atom. The highest BCUT2D eigenvalue weighted by atomic mass is 32.1. The second-order valence-corrected chi connectivity index (χ2v) is 9.91. The van der Waals surface area contributed by atoms with Crippen LogP contribution >= 0.6 is 54.0 Å². The molecule has 0 unspecified atom stereocenters.